The first-order valence-corrected chi connectivity index (χ1v) is 4.57. The molecule has 0 saturated carbocycles. The van der Waals surface area contributed by atoms with Gasteiger partial charge in [-0.1, -0.05) is 42.5 Å². The van der Waals surface area contributed by atoms with E-state index in [1.807, 2.05) is 36.4 Å². The Kier molecular flexibility index (Phi) is 2.47. The number of nitrogens with zero attached hydrogens (tertiary/aromatic N) is 1. The van der Waals surface area contributed by atoms with Crippen LogP contribution in [0.25, 0.3) is 11.1 Å². The smallest absolute Gasteiger partial charge is 0.148 e. The molecule has 2 aromatic carbocycles. The molecular weight excluding hydrogens is 189 g/mol. The number of benzene rings is 2. The molecule has 2 rings (SSSR count). The summed E-state index contributed by atoms with van der Waals surface area (Å²) in [5, 5.41) is 8.70. The van der Waals surface area contributed by atoms with E-state index < -0.39 is 5.82 Å². The van der Waals surface area contributed by atoms with Crippen molar-refractivity contribution in [1.82, 2.24) is 0 Å². The van der Waals surface area contributed by atoms with Crippen LogP contribution in [0.1, 0.15) is 5.56 Å². The molecular formula is C13H8FN. The zero-order valence-corrected chi connectivity index (χ0v) is 7.94. The summed E-state index contributed by atoms with van der Waals surface area (Å²) in [5.74, 6) is -0.453. The van der Waals surface area contributed by atoms with Gasteiger partial charge in [0.1, 0.15) is 11.9 Å². The van der Waals surface area contributed by atoms with Crippen LogP contribution in [-0.4, -0.2) is 0 Å². The standard InChI is InChI=1S/C13H8FN/c14-13-11(9-15)7-4-8-12(13)10-5-2-1-3-6-10/h1-8H. The Hall–Kier alpha value is -2.14. The molecule has 0 radical (unpaired) electrons. The van der Waals surface area contributed by atoms with Crippen LogP contribution in [0.4, 0.5) is 4.39 Å². The van der Waals surface area contributed by atoms with E-state index in [2.05, 4.69) is 0 Å². The number of halogens is 1. The van der Waals surface area contributed by atoms with Crippen molar-refractivity contribution in [1.29, 1.82) is 5.26 Å². The minimum Gasteiger partial charge on any atom is -0.205 e. The summed E-state index contributed by atoms with van der Waals surface area (Å²) in [7, 11) is 0. The van der Waals surface area contributed by atoms with Crippen LogP contribution in [-0.2, 0) is 0 Å². The lowest BCUT2D eigenvalue weighted by Gasteiger charge is -2.03. The van der Waals surface area contributed by atoms with Gasteiger partial charge in [-0.15, -0.1) is 0 Å². The minimum absolute atomic E-state index is 0.0800. The van der Waals surface area contributed by atoms with Crippen molar-refractivity contribution in [3.8, 4) is 17.2 Å². The van der Waals surface area contributed by atoms with Gasteiger partial charge in [0.2, 0.25) is 0 Å². The van der Waals surface area contributed by atoms with Crippen molar-refractivity contribution in [2.45, 2.75) is 0 Å². The summed E-state index contributed by atoms with van der Waals surface area (Å²) in [6, 6.07) is 15.9. The molecule has 0 amide bonds. The lowest BCUT2D eigenvalue weighted by atomic mass is 10.0. The summed E-state index contributed by atoms with van der Waals surface area (Å²) < 4.78 is 13.7. The molecule has 0 N–H and O–H groups in total. The highest BCUT2D eigenvalue weighted by Crippen LogP contribution is 2.24. The van der Waals surface area contributed by atoms with Gasteiger partial charge < -0.3 is 0 Å². The summed E-state index contributed by atoms with van der Waals surface area (Å²) in [5.41, 5.74) is 1.33. The van der Waals surface area contributed by atoms with E-state index in [1.165, 1.54) is 6.07 Å². The Morgan fingerprint density at radius 3 is 2.33 bits per heavy atom. The molecule has 0 aliphatic rings. The molecule has 2 heteroatoms. The average Bonchev–Trinajstić information content (AvgIpc) is 2.30. The van der Waals surface area contributed by atoms with Crippen LogP contribution < -0.4 is 0 Å². The van der Waals surface area contributed by atoms with E-state index >= 15 is 0 Å². The molecule has 0 aromatic heterocycles. The van der Waals surface area contributed by atoms with E-state index in [9.17, 15) is 4.39 Å². The Morgan fingerprint density at radius 1 is 0.933 bits per heavy atom. The molecule has 0 fully saturated rings. The first kappa shape index (κ1) is 9.42. The van der Waals surface area contributed by atoms with E-state index in [4.69, 9.17) is 5.26 Å². The topological polar surface area (TPSA) is 23.8 Å². The molecule has 1 nitrogen and oxygen atoms in total. The number of rotatable bonds is 1. The second kappa shape index (κ2) is 3.93. The lowest BCUT2D eigenvalue weighted by molar-refractivity contribution is 0.627. The van der Waals surface area contributed by atoms with Crippen molar-refractivity contribution in [2.75, 3.05) is 0 Å². The maximum Gasteiger partial charge on any atom is 0.148 e. The predicted octanol–water partition coefficient (Wildman–Crippen LogP) is 3.36. The Labute approximate surface area is 87.4 Å². The molecule has 2 aromatic rings. The summed E-state index contributed by atoms with van der Waals surface area (Å²) in [6.07, 6.45) is 0. The molecule has 0 aliphatic heterocycles. The van der Waals surface area contributed by atoms with Gasteiger partial charge in [-0.05, 0) is 11.6 Å². The van der Waals surface area contributed by atoms with Gasteiger partial charge in [0.15, 0.2) is 0 Å². The zero-order chi connectivity index (χ0) is 10.7. The van der Waals surface area contributed by atoms with Gasteiger partial charge in [0.05, 0.1) is 5.56 Å². The maximum absolute atomic E-state index is 13.7. The summed E-state index contributed by atoms with van der Waals surface area (Å²) >= 11 is 0. The first-order chi connectivity index (χ1) is 7.33. The SMILES string of the molecule is N#Cc1cccc(-c2ccccc2)c1F. The van der Waals surface area contributed by atoms with Gasteiger partial charge in [0, 0.05) is 5.56 Å². The fourth-order valence-corrected chi connectivity index (χ4v) is 1.46. The third kappa shape index (κ3) is 1.72. The van der Waals surface area contributed by atoms with Gasteiger partial charge in [0.25, 0.3) is 0 Å². The van der Waals surface area contributed by atoms with Crippen LogP contribution in [0.15, 0.2) is 48.5 Å². The van der Waals surface area contributed by atoms with Crippen LogP contribution in [0.2, 0.25) is 0 Å². The molecule has 72 valence electrons. The van der Waals surface area contributed by atoms with Crippen LogP contribution in [0.5, 0.6) is 0 Å². The van der Waals surface area contributed by atoms with Crippen molar-refractivity contribution in [3.05, 3.63) is 59.9 Å². The van der Waals surface area contributed by atoms with Crippen LogP contribution >= 0.6 is 0 Å². The van der Waals surface area contributed by atoms with Crippen molar-refractivity contribution < 1.29 is 4.39 Å². The maximum atomic E-state index is 13.7. The monoisotopic (exact) mass is 197 g/mol. The Balaban J connectivity index is 2.61. The molecule has 0 heterocycles. The van der Waals surface area contributed by atoms with E-state index in [-0.39, 0.29) is 5.56 Å². The highest BCUT2D eigenvalue weighted by Gasteiger charge is 2.08. The van der Waals surface area contributed by atoms with E-state index in [0.717, 1.165) is 5.56 Å². The van der Waals surface area contributed by atoms with Gasteiger partial charge in [-0.3, -0.25) is 0 Å². The minimum atomic E-state index is -0.453. The average molecular weight is 197 g/mol. The van der Waals surface area contributed by atoms with Gasteiger partial charge >= 0.3 is 0 Å². The number of hydrogen-bond donors (Lipinski definition) is 0. The molecule has 0 atom stereocenters. The fourth-order valence-electron chi connectivity index (χ4n) is 1.46. The van der Waals surface area contributed by atoms with Crippen molar-refractivity contribution in [2.24, 2.45) is 0 Å². The molecule has 15 heavy (non-hydrogen) atoms. The lowest BCUT2D eigenvalue weighted by Crippen LogP contribution is -1.88. The Bertz CT molecular complexity index is 512. The van der Waals surface area contributed by atoms with Gasteiger partial charge in [-0.25, -0.2) is 4.39 Å². The number of hydrogen-bond acceptors (Lipinski definition) is 1. The molecule has 0 bridgehead atoms. The molecule has 0 aliphatic carbocycles. The van der Waals surface area contributed by atoms with E-state index in [0.29, 0.717) is 5.56 Å². The summed E-state index contributed by atoms with van der Waals surface area (Å²) in [4.78, 5) is 0. The molecule has 0 saturated heterocycles. The highest BCUT2D eigenvalue weighted by molar-refractivity contribution is 5.65. The quantitative estimate of drug-likeness (QED) is 0.687. The third-order valence-corrected chi connectivity index (χ3v) is 2.20. The Morgan fingerprint density at radius 2 is 1.67 bits per heavy atom. The van der Waals surface area contributed by atoms with Crippen LogP contribution in [0.3, 0.4) is 0 Å². The second-order valence-corrected chi connectivity index (χ2v) is 3.14. The van der Waals surface area contributed by atoms with Crippen molar-refractivity contribution >= 4 is 0 Å². The zero-order valence-electron chi connectivity index (χ0n) is 7.94. The fraction of sp³-hybridized carbons (Fsp3) is 0. The van der Waals surface area contributed by atoms with Gasteiger partial charge in [-0.2, -0.15) is 5.26 Å². The normalized spacial score (nSPS) is 9.60. The largest absolute Gasteiger partial charge is 0.205 e. The second-order valence-electron chi connectivity index (χ2n) is 3.14. The van der Waals surface area contributed by atoms with E-state index in [1.54, 1.807) is 12.1 Å². The predicted molar refractivity (Wildman–Crippen MR) is 56.6 cm³/mol. The first-order valence-electron chi connectivity index (χ1n) is 4.57. The summed E-state index contributed by atoms with van der Waals surface area (Å²) in [6.45, 7) is 0. The van der Waals surface area contributed by atoms with Crippen LogP contribution in [0, 0.1) is 17.1 Å². The van der Waals surface area contributed by atoms with Crippen molar-refractivity contribution in [3.63, 3.8) is 0 Å². The highest BCUT2D eigenvalue weighted by atomic mass is 19.1. The number of nitriles is 1. The molecule has 0 spiro atoms. The third-order valence-electron chi connectivity index (χ3n) is 2.20. The molecule has 0 unspecified atom stereocenters.